The molecule has 0 aliphatic rings. The van der Waals surface area contributed by atoms with Gasteiger partial charge in [-0.15, -0.1) is 12.4 Å². The monoisotopic (exact) mass is 227 g/mol. The summed E-state index contributed by atoms with van der Waals surface area (Å²) < 4.78 is 13.1. The summed E-state index contributed by atoms with van der Waals surface area (Å²) in [5, 5.41) is 9.26. The van der Waals surface area contributed by atoms with E-state index >= 15 is 0 Å². The van der Waals surface area contributed by atoms with Gasteiger partial charge in [0.2, 0.25) is 5.95 Å². The summed E-state index contributed by atoms with van der Waals surface area (Å²) in [4.78, 5) is 14.1. The van der Waals surface area contributed by atoms with Crippen molar-refractivity contribution in [1.82, 2.24) is 4.98 Å². The van der Waals surface area contributed by atoms with E-state index in [0.717, 1.165) is 0 Å². The third kappa shape index (κ3) is 2.05. The summed E-state index contributed by atoms with van der Waals surface area (Å²) in [6.45, 7) is 0. The van der Waals surface area contributed by atoms with Gasteiger partial charge in [-0.2, -0.15) is 4.39 Å². The molecule has 0 radical (unpaired) electrons. The standard InChI is InChI=1S/C10H6FNO2.ClH/c11-9-7(10(13)14)5-6-3-1-2-4-8(6)12-9;/h1-5H,(H,13,14);1H. The number of pyridine rings is 1. The summed E-state index contributed by atoms with van der Waals surface area (Å²) >= 11 is 0. The molecule has 15 heavy (non-hydrogen) atoms. The molecule has 3 nitrogen and oxygen atoms in total. The lowest BCUT2D eigenvalue weighted by atomic mass is 10.1. The van der Waals surface area contributed by atoms with Crippen LogP contribution in [0.1, 0.15) is 10.4 Å². The zero-order valence-corrected chi connectivity index (χ0v) is 8.29. The quantitative estimate of drug-likeness (QED) is 0.762. The van der Waals surface area contributed by atoms with Gasteiger partial charge in [-0.05, 0) is 12.1 Å². The van der Waals surface area contributed by atoms with Gasteiger partial charge in [-0.1, -0.05) is 18.2 Å². The lowest BCUT2D eigenvalue weighted by molar-refractivity contribution is 0.0691. The third-order valence-electron chi connectivity index (χ3n) is 1.91. The number of halogens is 2. The predicted octanol–water partition coefficient (Wildman–Crippen LogP) is 2.49. The van der Waals surface area contributed by atoms with Crippen LogP contribution in [-0.2, 0) is 0 Å². The molecule has 0 bridgehead atoms. The largest absolute Gasteiger partial charge is 0.478 e. The fraction of sp³-hybridized carbons (Fsp3) is 0. The molecule has 0 aliphatic heterocycles. The molecule has 1 heterocycles. The Labute approximate surface area is 91.0 Å². The van der Waals surface area contributed by atoms with E-state index in [2.05, 4.69) is 4.98 Å². The molecule has 0 saturated carbocycles. The number of fused-ring (bicyclic) bond motifs is 1. The number of hydrogen-bond donors (Lipinski definition) is 1. The van der Waals surface area contributed by atoms with Gasteiger partial charge in [0.1, 0.15) is 5.56 Å². The van der Waals surface area contributed by atoms with Gasteiger partial charge in [-0.25, -0.2) is 9.78 Å². The Morgan fingerprint density at radius 1 is 1.33 bits per heavy atom. The van der Waals surface area contributed by atoms with Crippen LogP contribution in [0.25, 0.3) is 10.9 Å². The lowest BCUT2D eigenvalue weighted by Crippen LogP contribution is -2.02. The SMILES string of the molecule is Cl.O=C(O)c1cc2ccccc2nc1F. The van der Waals surface area contributed by atoms with Crippen molar-refractivity contribution in [3.05, 3.63) is 41.8 Å². The molecule has 0 atom stereocenters. The van der Waals surface area contributed by atoms with Crippen LogP contribution in [0.3, 0.4) is 0 Å². The number of rotatable bonds is 1. The van der Waals surface area contributed by atoms with Crippen molar-refractivity contribution in [2.75, 3.05) is 0 Å². The van der Waals surface area contributed by atoms with Crippen molar-refractivity contribution in [1.29, 1.82) is 0 Å². The Hall–Kier alpha value is -1.68. The summed E-state index contributed by atoms with van der Waals surface area (Å²) in [6.07, 6.45) is 0. The Bertz CT molecular complexity index is 516. The van der Waals surface area contributed by atoms with E-state index in [1.807, 2.05) is 0 Å². The van der Waals surface area contributed by atoms with E-state index in [4.69, 9.17) is 5.11 Å². The number of carboxylic acids is 1. The molecule has 0 amide bonds. The van der Waals surface area contributed by atoms with E-state index < -0.39 is 17.5 Å². The van der Waals surface area contributed by atoms with Crippen molar-refractivity contribution < 1.29 is 14.3 Å². The van der Waals surface area contributed by atoms with Crippen molar-refractivity contribution in [3.8, 4) is 0 Å². The number of aromatic carboxylic acids is 1. The Morgan fingerprint density at radius 3 is 2.67 bits per heavy atom. The topological polar surface area (TPSA) is 50.2 Å². The van der Waals surface area contributed by atoms with Gasteiger partial charge in [0.25, 0.3) is 0 Å². The molecule has 1 aromatic heterocycles. The van der Waals surface area contributed by atoms with Gasteiger partial charge in [0, 0.05) is 5.39 Å². The van der Waals surface area contributed by atoms with Crippen LogP contribution in [0.5, 0.6) is 0 Å². The third-order valence-corrected chi connectivity index (χ3v) is 1.91. The number of nitrogens with zero attached hydrogens (tertiary/aromatic N) is 1. The van der Waals surface area contributed by atoms with Gasteiger partial charge in [0.05, 0.1) is 5.52 Å². The summed E-state index contributed by atoms with van der Waals surface area (Å²) in [5.74, 6) is -2.25. The lowest BCUT2D eigenvalue weighted by Gasteiger charge is -1.99. The van der Waals surface area contributed by atoms with Crippen LogP contribution in [0.2, 0.25) is 0 Å². The average molecular weight is 228 g/mol. The number of aromatic nitrogens is 1. The fourth-order valence-corrected chi connectivity index (χ4v) is 1.24. The highest BCUT2D eigenvalue weighted by atomic mass is 35.5. The van der Waals surface area contributed by atoms with E-state index in [1.54, 1.807) is 24.3 Å². The number of carboxylic acid groups (broad SMARTS) is 1. The highest BCUT2D eigenvalue weighted by molar-refractivity contribution is 5.92. The minimum Gasteiger partial charge on any atom is -0.478 e. The maximum Gasteiger partial charge on any atom is 0.340 e. The smallest absolute Gasteiger partial charge is 0.340 e. The van der Waals surface area contributed by atoms with Crippen LogP contribution in [0.15, 0.2) is 30.3 Å². The Kier molecular flexibility index (Phi) is 3.21. The van der Waals surface area contributed by atoms with Crippen molar-refractivity contribution >= 4 is 29.3 Å². The molecule has 5 heteroatoms. The number of carbonyl (C=O) groups is 1. The van der Waals surface area contributed by atoms with Crippen molar-refractivity contribution in [2.24, 2.45) is 0 Å². The minimum absolute atomic E-state index is 0. The molecule has 0 spiro atoms. The molecule has 0 unspecified atom stereocenters. The van der Waals surface area contributed by atoms with E-state index in [0.29, 0.717) is 10.9 Å². The fourth-order valence-electron chi connectivity index (χ4n) is 1.24. The maximum absolute atomic E-state index is 13.1. The molecule has 78 valence electrons. The van der Waals surface area contributed by atoms with Crippen LogP contribution in [0.4, 0.5) is 4.39 Å². The second kappa shape index (κ2) is 4.23. The highest BCUT2D eigenvalue weighted by Gasteiger charge is 2.12. The second-order valence-electron chi connectivity index (χ2n) is 2.82. The predicted molar refractivity (Wildman–Crippen MR) is 55.9 cm³/mol. The van der Waals surface area contributed by atoms with E-state index in [-0.39, 0.29) is 12.4 Å². The van der Waals surface area contributed by atoms with Gasteiger partial charge >= 0.3 is 5.97 Å². The Balaban J connectivity index is 0.00000112. The second-order valence-corrected chi connectivity index (χ2v) is 2.82. The normalized spacial score (nSPS) is 9.67. The number of para-hydroxylation sites is 1. The summed E-state index contributed by atoms with van der Waals surface area (Å²) in [6, 6.07) is 8.06. The summed E-state index contributed by atoms with van der Waals surface area (Å²) in [5.41, 5.74) is 0.0544. The zero-order valence-electron chi connectivity index (χ0n) is 7.48. The van der Waals surface area contributed by atoms with Crippen LogP contribution < -0.4 is 0 Å². The Morgan fingerprint density at radius 2 is 2.00 bits per heavy atom. The molecule has 2 rings (SSSR count). The molecule has 1 aromatic carbocycles. The van der Waals surface area contributed by atoms with Crippen LogP contribution >= 0.6 is 12.4 Å². The first-order valence-electron chi connectivity index (χ1n) is 3.97. The van der Waals surface area contributed by atoms with Gasteiger partial charge in [0.15, 0.2) is 0 Å². The van der Waals surface area contributed by atoms with Crippen LogP contribution in [-0.4, -0.2) is 16.1 Å². The van der Waals surface area contributed by atoms with Gasteiger partial charge < -0.3 is 5.11 Å². The summed E-state index contributed by atoms with van der Waals surface area (Å²) in [7, 11) is 0. The van der Waals surface area contributed by atoms with E-state index in [9.17, 15) is 9.18 Å². The molecule has 0 saturated heterocycles. The average Bonchev–Trinajstić information content (AvgIpc) is 2.16. The van der Waals surface area contributed by atoms with Crippen molar-refractivity contribution in [3.63, 3.8) is 0 Å². The molecule has 0 fully saturated rings. The minimum atomic E-state index is -1.30. The number of hydrogen-bond acceptors (Lipinski definition) is 2. The molecular weight excluding hydrogens is 221 g/mol. The van der Waals surface area contributed by atoms with E-state index in [1.165, 1.54) is 6.07 Å². The first-order chi connectivity index (χ1) is 6.68. The maximum atomic E-state index is 13.1. The van der Waals surface area contributed by atoms with Crippen molar-refractivity contribution in [2.45, 2.75) is 0 Å². The molecule has 0 aliphatic carbocycles. The first kappa shape index (κ1) is 11.4. The van der Waals surface area contributed by atoms with Gasteiger partial charge in [-0.3, -0.25) is 0 Å². The zero-order chi connectivity index (χ0) is 10.1. The molecule has 2 aromatic rings. The first-order valence-corrected chi connectivity index (χ1v) is 3.97. The highest BCUT2D eigenvalue weighted by Crippen LogP contribution is 2.15. The molecular formula is C10H7ClFNO2. The molecule has 1 N–H and O–H groups in total. The number of benzene rings is 1. The van der Waals surface area contributed by atoms with Crippen LogP contribution in [0, 0.1) is 5.95 Å².